The van der Waals surface area contributed by atoms with Crippen LogP contribution in [0.15, 0.2) is 12.7 Å². The van der Waals surface area contributed by atoms with Gasteiger partial charge in [0.05, 0.1) is 0 Å². The molecule has 0 radical (unpaired) electrons. The van der Waals surface area contributed by atoms with E-state index in [1.54, 1.807) is 6.92 Å². The minimum atomic E-state index is -2.61. The predicted molar refractivity (Wildman–Crippen MR) is 40.9 cm³/mol. The zero-order valence-electron chi connectivity index (χ0n) is 6.86. The molecule has 1 fully saturated rings. The highest BCUT2D eigenvalue weighted by molar-refractivity contribution is 5.87. The molecule has 0 aromatic heterocycles. The van der Waals surface area contributed by atoms with Crippen molar-refractivity contribution < 1.29 is 13.6 Å². The fraction of sp³-hybridized carbons (Fsp3) is 0.625. The number of carbonyl (C=O) groups excluding carboxylic acids is 1. The topological polar surface area (TPSA) is 29.1 Å². The van der Waals surface area contributed by atoms with Crippen molar-refractivity contribution in [3.63, 3.8) is 0 Å². The third kappa shape index (κ3) is 1.81. The second kappa shape index (κ2) is 2.54. The van der Waals surface area contributed by atoms with E-state index in [0.717, 1.165) is 6.08 Å². The Morgan fingerprint density at radius 1 is 1.58 bits per heavy atom. The lowest BCUT2D eigenvalue weighted by molar-refractivity contribution is -0.140. The molecule has 2 nitrogen and oxygen atoms in total. The van der Waals surface area contributed by atoms with Crippen LogP contribution in [0.1, 0.15) is 19.8 Å². The van der Waals surface area contributed by atoms with Gasteiger partial charge in [0.1, 0.15) is 0 Å². The Kier molecular flexibility index (Phi) is 1.94. The average Bonchev–Trinajstić information content (AvgIpc) is 1.82. The molecule has 1 saturated carbocycles. The minimum Gasteiger partial charge on any atom is -0.347 e. The van der Waals surface area contributed by atoms with Gasteiger partial charge in [-0.2, -0.15) is 0 Å². The van der Waals surface area contributed by atoms with Crippen LogP contribution in [-0.2, 0) is 4.79 Å². The van der Waals surface area contributed by atoms with Crippen LogP contribution in [0.25, 0.3) is 0 Å². The second-order valence-corrected chi connectivity index (χ2v) is 3.46. The van der Waals surface area contributed by atoms with E-state index in [4.69, 9.17) is 0 Å². The van der Waals surface area contributed by atoms with E-state index in [0.29, 0.717) is 0 Å². The standard InChI is InChI=1S/C8H11F2NO/c1-3-6(12)11-7(2)4-8(9,10)5-7/h3H,1,4-5H2,2H3,(H,11,12). The SMILES string of the molecule is C=CC(=O)NC1(C)CC(F)(F)C1. The van der Waals surface area contributed by atoms with Crippen LogP contribution < -0.4 is 5.32 Å². The van der Waals surface area contributed by atoms with Crippen molar-refractivity contribution >= 4 is 5.91 Å². The molecule has 1 rings (SSSR count). The van der Waals surface area contributed by atoms with Crippen molar-refractivity contribution in [2.24, 2.45) is 0 Å². The Bertz CT molecular complexity index is 217. The van der Waals surface area contributed by atoms with E-state index in [-0.39, 0.29) is 12.8 Å². The summed E-state index contributed by atoms with van der Waals surface area (Å²) in [5, 5.41) is 2.46. The summed E-state index contributed by atoms with van der Waals surface area (Å²) < 4.78 is 24.8. The molecule has 0 aliphatic heterocycles. The van der Waals surface area contributed by atoms with Gasteiger partial charge in [0.15, 0.2) is 0 Å². The van der Waals surface area contributed by atoms with Crippen molar-refractivity contribution in [2.75, 3.05) is 0 Å². The van der Waals surface area contributed by atoms with Crippen LogP contribution in [0.2, 0.25) is 0 Å². The molecule has 1 aliphatic carbocycles. The van der Waals surface area contributed by atoms with Gasteiger partial charge >= 0.3 is 0 Å². The van der Waals surface area contributed by atoms with E-state index in [2.05, 4.69) is 11.9 Å². The van der Waals surface area contributed by atoms with Gasteiger partial charge in [-0.3, -0.25) is 4.79 Å². The van der Waals surface area contributed by atoms with Gasteiger partial charge < -0.3 is 5.32 Å². The lowest BCUT2D eigenvalue weighted by Gasteiger charge is -2.44. The number of hydrogen-bond donors (Lipinski definition) is 1. The van der Waals surface area contributed by atoms with Gasteiger partial charge in [0, 0.05) is 18.4 Å². The molecular formula is C8H11F2NO. The van der Waals surface area contributed by atoms with Crippen molar-refractivity contribution in [3.05, 3.63) is 12.7 Å². The van der Waals surface area contributed by atoms with E-state index < -0.39 is 17.4 Å². The Morgan fingerprint density at radius 2 is 2.08 bits per heavy atom. The molecule has 0 unspecified atom stereocenters. The predicted octanol–water partition coefficient (Wildman–Crippen LogP) is 1.48. The number of carbonyl (C=O) groups is 1. The van der Waals surface area contributed by atoms with Crippen molar-refractivity contribution in [3.8, 4) is 0 Å². The highest BCUT2D eigenvalue weighted by Crippen LogP contribution is 2.45. The van der Waals surface area contributed by atoms with Crippen LogP contribution >= 0.6 is 0 Å². The van der Waals surface area contributed by atoms with Crippen LogP contribution in [0, 0.1) is 0 Å². The second-order valence-electron chi connectivity index (χ2n) is 3.46. The fourth-order valence-corrected chi connectivity index (χ4v) is 1.53. The first-order valence-electron chi connectivity index (χ1n) is 3.69. The Balaban J connectivity index is 2.45. The van der Waals surface area contributed by atoms with Gasteiger partial charge in [0.25, 0.3) is 5.92 Å². The molecule has 0 bridgehead atoms. The van der Waals surface area contributed by atoms with E-state index in [1.165, 1.54) is 0 Å². The largest absolute Gasteiger partial charge is 0.347 e. The summed E-state index contributed by atoms with van der Waals surface area (Å²) in [7, 11) is 0. The molecule has 1 N–H and O–H groups in total. The molecule has 1 amide bonds. The van der Waals surface area contributed by atoms with Crippen LogP contribution in [0.5, 0.6) is 0 Å². The first kappa shape index (κ1) is 9.16. The summed E-state index contributed by atoms with van der Waals surface area (Å²) >= 11 is 0. The first-order chi connectivity index (χ1) is 5.37. The van der Waals surface area contributed by atoms with Crippen molar-refractivity contribution in [1.82, 2.24) is 5.32 Å². The Hall–Kier alpha value is -0.930. The summed E-state index contributed by atoms with van der Waals surface area (Å²) in [6.45, 7) is 4.84. The number of halogens is 2. The van der Waals surface area contributed by atoms with Gasteiger partial charge in [-0.05, 0) is 13.0 Å². The van der Waals surface area contributed by atoms with Gasteiger partial charge in [-0.15, -0.1) is 0 Å². The van der Waals surface area contributed by atoms with Crippen molar-refractivity contribution in [1.29, 1.82) is 0 Å². The number of alkyl halides is 2. The molecule has 0 saturated heterocycles. The summed E-state index contributed by atoms with van der Waals surface area (Å²) in [6, 6.07) is 0. The normalized spacial score (nSPS) is 23.9. The molecule has 0 atom stereocenters. The maximum atomic E-state index is 12.4. The molecule has 0 spiro atoms. The highest BCUT2D eigenvalue weighted by atomic mass is 19.3. The van der Waals surface area contributed by atoms with E-state index >= 15 is 0 Å². The van der Waals surface area contributed by atoms with Crippen LogP contribution in [0.3, 0.4) is 0 Å². The highest BCUT2D eigenvalue weighted by Gasteiger charge is 2.54. The monoisotopic (exact) mass is 175 g/mol. The Morgan fingerprint density at radius 3 is 2.42 bits per heavy atom. The Labute approximate surface area is 69.6 Å². The molecule has 4 heteroatoms. The maximum absolute atomic E-state index is 12.4. The van der Waals surface area contributed by atoms with Crippen LogP contribution in [0.4, 0.5) is 8.78 Å². The molecule has 0 aromatic carbocycles. The number of hydrogen-bond acceptors (Lipinski definition) is 1. The van der Waals surface area contributed by atoms with E-state index in [1.807, 2.05) is 0 Å². The van der Waals surface area contributed by atoms with Crippen molar-refractivity contribution in [2.45, 2.75) is 31.2 Å². The van der Waals surface area contributed by atoms with Gasteiger partial charge in [-0.1, -0.05) is 6.58 Å². The number of rotatable bonds is 2. The minimum absolute atomic E-state index is 0.278. The summed E-state index contributed by atoms with van der Waals surface area (Å²) in [6.07, 6.45) is 0.529. The quantitative estimate of drug-likeness (QED) is 0.633. The first-order valence-corrected chi connectivity index (χ1v) is 3.69. The summed E-state index contributed by atoms with van der Waals surface area (Å²) in [4.78, 5) is 10.8. The molecule has 0 aromatic rings. The van der Waals surface area contributed by atoms with Crippen LogP contribution in [-0.4, -0.2) is 17.4 Å². The van der Waals surface area contributed by atoms with Gasteiger partial charge in [-0.25, -0.2) is 8.78 Å². The van der Waals surface area contributed by atoms with Gasteiger partial charge in [0.2, 0.25) is 5.91 Å². The lowest BCUT2D eigenvalue weighted by Crippen LogP contribution is -2.60. The summed E-state index contributed by atoms with van der Waals surface area (Å²) in [5.74, 6) is -3.00. The third-order valence-electron chi connectivity index (χ3n) is 1.91. The number of nitrogens with one attached hydrogen (secondary N) is 1. The molecule has 1 aliphatic rings. The fourth-order valence-electron chi connectivity index (χ4n) is 1.53. The molecule has 12 heavy (non-hydrogen) atoms. The smallest absolute Gasteiger partial charge is 0.252 e. The zero-order valence-corrected chi connectivity index (χ0v) is 6.86. The molecular weight excluding hydrogens is 164 g/mol. The number of amides is 1. The zero-order chi connectivity index (χ0) is 9.41. The molecule has 0 heterocycles. The molecule has 68 valence electrons. The third-order valence-corrected chi connectivity index (χ3v) is 1.91. The summed E-state index contributed by atoms with van der Waals surface area (Å²) in [5.41, 5.74) is -0.741. The lowest BCUT2D eigenvalue weighted by atomic mass is 9.75. The van der Waals surface area contributed by atoms with E-state index in [9.17, 15) is 13.6 Å². The average molecular weight is 175 g/mol. The maximum Gasteiger partial charge on any atom is 0.252 e.